The molecule has 2 aromatic carbocycles. The van der Waals surface area contributed by atoms with Crippen LogP contribution in [0.3, 0.4) is 0 Å². The Balaban J connectivity index is 1.34. The number of rotatable bonds is 5. The van der Waals surface area contributed by atoms with Crippen molar-refractivity contribution in [3.05, 3.63) is 76.5 Å². The predicted octanol–water partition coefficient (Wildman–Crippen LogP) is 2.64. The lowest BCUT2D eigenvalue weighted by Gasteiger charge is -2.09. The highest BCUT2D eigenvalue weighted by molar-refractivity contribution is 9.10. The lowest BCUT2D eigenvalue weighted by atomic mass is 10.0. The van der Waals surface area contributed by atoms with Crippen molar-refractivity contribution in [1.29, 1.82) is 0 Å². The maximum absolute atomic E-state index is 12.5. The molecule has 8 heteroatoms. The third-order valence-electron chi connectivity index (χ3n) is 4.45. The second-order valence-electron chi connectivity index (χ2n) is 6.42. The summed E-state index contributed by atoms with van der Waals surface area (Å²) in [6.45, 7) is 0.593. The summed E-state index contributed by atoms with van der Waals surface area (Å²) in [6, 6.07) is 17.8. The largest absolute Gasteiger partial charge is 0.292 e. The van der Waals surface area contributed by atoms with Crippen molar-refractivity contribution in [2.45, 2.75) is 25.0 Å². The van der Waals surface area contributed by atoms with Gasteiger partial charge in [-0.3, -0.25) is 10.1 Å². The van der Waals surface area contributed by atoms with Crippen LogP contribution in [0.5, 0.6) is 0 Å². The maximum atomic E-state index is 12.5. The second-order valence-corrected chi connectivity index (χ2v) is 7.34. The highest BCUT2D eigenvalue weighted by atomic mass is 79.9. The molecule has 1 aromatic heterocycles. The first-order valence-electron chi connectivity index (χ1n) is 8.68. The fourth-order valence-electron chi connectivity index (χ4n) is 3.03. The van der Waals surface area contributed by atoms with Crippen molar-refractivity contribution in [2.75, 3.05) is 5.32 Å². The Kier molecular flexibility index (Phi) is 5.28. The SMILES string of the molecule is O=C(Nc1ncn(Cc2ccc(Br)cc2)n1)C1CC(c2ccccc2)NN1. The number of carbonyl (C=O) groups excluding carboxylic acids is 1. The second kappa shape index (κ2) is 7.99. The van der Waals surface area contributed by atoms with E-state index >= 15 is 0 Å². The molecule has 0 aliphatic carbocycles. The molecule has 7 nitrogen and oxygen atoms in total. The number of carbonyl (C=O) groups is 1. The molecule has 138 valence electrons. The van der Waals surface area contributed by atoms with Crippen LogP contribution in [-0.4, -0.2) is 26.7 Å². The molecule has 2 heterocycles. The first-order valence-corrected chi connectivity index (χ1v) is 9.47. The summed E-state index contributed by atoms with van der Waals surface area (Å²) in [5.74, 6) is 0.157. The van der Waals surface area contributed by atoms with Gasteiger partial charge in [-0.05, 0) is 29.7 Å². The Labute approximate surface area is 165 Å². The third kappa shape index (κ3) is 4.41. The number of aromatic nitrogens is 3. The van der Waals surface area contributed by atoms with Crippen molar-refractivity contribution < 1.29 is 4.79 Å². The smallest absolute Gasteiger partial charge is 0.248 e. The quantitative estimate of drug-likeness (QED) is 0.583. The van der Waals surface area contributed by atoms with Gasteiger partial charge in [0.1, 0.15) is 12.4 Å². The fraction of sp³-hybridized carbons (Fsp3) is 0.211. The van der Waals surface area contributed by atoms with Crippen LogP contribution < -0.4 is 16.2 Å². The highest BCUT2D eigenvalue weighted by Gasteiger charge is 2.30. The molecule has 27 heavy (non-hydrogen) atoms. The monoisotopic (exact) mass is 426 g/mol. The Morgan fingerprint density at radius 3 is 2.70 bits per heavy atom. The number of benzene rings is 2. The van der Waals surface area contributed by atoms with Crippen molar-refractivity contribution in [2.24, 2.45) is 0 Å². The van der Waals surface area contributed by atoms with E-state index < -0.39 is 0 Å². The number of hydrogen-bond donors (Lipinski definition) is 3. The maximum Gasteiger partial charge on any atom is 0.248 e. The standard InChI is InChI=1S/C19H19BrN6O/c20-15-8-6-13(7-9-15)11-26-12-21-19(25-26)22-18(27)17-10-16(23-24-17)14-4-2-1-3-5-14/h1-9,12,16-17,23-24H,10-11H2,(H,22,25,27). The third-order valence-corrected chi connectivity index (χ3v) is 4.98. The molecule has 0 saturated carbocycles. The molecule has 0 bridgehead atoms. The molecular weight excluding hydrogens is 408 g/mol. The zero-order chi connectivity index (χ0) is 18.6. The number of hydrogen-bond acceptors (Lipinski definition) is 5. The van der Waals surface area contributed by atoms with Gasteiger partial charge in [-0.1, -0.05) is 58.4 Å². The summed E-state index contributed by atoms with van der Waals surface area (Å²) in [7, 11) is 0. The van der Waals surface area contributed by atoms with Gasteiger partial charge in [0.25, 0.3) is 0 Å². The topological polar surface area (TPSA) is 83.9 Å². The Morgan fingerprint density at radius 1 is 1.15 bits per heavy atom. The lowest BCUT2D eigenvalue weighted by molar-refractivity contribution is -0.117. The zero-order valence-electron chi connectivity index (χ0n) is 14.5. The van der Waals surface area contributed by atoms with Gasteiger partial charge in [-0.15, -0.1) is 5.10 Å². The molecule has 2 atom stereocenters. The van der Waals surface area contributed by atoms with Crippen LogP contribution >= 0.6 is 15.9 Å². The van der Waals surface area contributed by atoms with Crippen LogP contribution in [0.4, 0.5) is 5.95 Å². The molecule has 1 saturated heterocycles. The van der Waals surface area contributed by atoms with Gasteiger partial charge < -0.3 is 0 Å². The predicted molar refractivity (Wildman–Crippen MR) is 106 cm³/mol. The van der Waals surface area contributed by atoms with E-state index in [1.165, 1.54) is 0 Å². The van der Waals surface area contributed by atoms with Gasteiger partial charge in [0, 0.05) is 10.5 Å². The van der Waals surface area contributed by atoms with Crippen LogP contribution in [0.2, 0.25) is 0 Å². The number of halogens is 1. The average Bonchev–Trinajstić information content (AvgIpc) is 3.34. The van der Waals surface area contributed by atoms with Crippen LogP contribution in [0.15, 0.2) is 65.4 Å². The van der Waals surface area contributed by atoms with Crippen LogP contribution in [0.1, 0.15) is 23.6 Å². The van der Waals surface area contributed by atoms with Crippen molar-refractivity contribution in [1.82, 2.24) is 25.6 Å². The molecule has 3 aromatic rings. The minimum Gasteiger partial charge on any atom is -0.292 e. The first-order chi connectivity index (χ1) is 13.2. The number of nitrogens with one attached hydrogen (secondary N) is 3. The van der Waals surface area contributed by atoms with Gasteiger partial charge in [0.15, 0.2) is 0 Å². The van der Waals surface area contributed by atoms with Crippen LogP contribution in [0, 0.1) is 0 Å². The van der Waals surface area contributed by atoms with Crippen molar-refractivity contribution in [3.63, 3.8) is 0 Å². The summed E-state index contributed by atoms with van der Waals surface area (Å²) in [4.78, 5) is 16.7. The van der Waals surface area contributed by atoms with E-state index in [0.717, 1.165) is 15.6 Å². The van der Waals surface area contributed by atoms with E-state index in [-0.39, 0.29) is 18.0 Å². The van der Waals surface area contributed by atoms with E-state index in [1.807, 2.05) is 54.6 Å². The van der Waals surface area contributed by atoms with Gasteiger partial charge in [0.05, 0.1) is 6.54 Å². The summed E-state index contributed by atoms with van der Waals surface area (Å²) in [5.41, 5.74) is 8.47. The van der Waals surface area contributed by atoms with Crippen molar-refractivity contribution >= 4 is 27.8 Å². The molecule has 3 N–H and O–H groups in total. The number of hydrazine groups is 1. The molecule has 2 unspecified atom stereocenters. The summed E-state index contributed by atoms with van der Waals surface area (Å²) >= 11 is 3.42. The lowest BCUT2D eigenvalue weighted by Crippen LogP contribution is -2.39. The number of anilines is 1. The molecule has 1 aliphatic heterocycles. The normalized spacial score (nSPS) is 19.1. The van der Waals surface area contributed by atoms with Gasteiger partial charge in [0.2, 0.25) is 11.9 Å². The van der Waals surface area contributed by atoms with E-state index in [4.69, 9.17) is 0 Å². The number of nitrogens with zero attached hydrogens (tertiary/aromatic N) is 3. The summed E-state index contributed by atoms with van der Waals surface area (Å²) < 4.78 is 2.73. The molecule has 1 aliphatic rings. The molecular formula is C19H19BrN6O. The summed E-state index contributed by atoms with van der Waals surface area (Å²) in [6.07, 6.45) is 2.28. The summed E-state index contributed by atoms with van der Waals surface area (Å²) in [5, 5.41) is 7.11. The van der Waals surface area contributed by atoms with E-state index in [0.29, 0.717) is 18.9 Å². The Morgan fingerprint density at radius 2 is 1.93 bits per heavy atom. The molecule has 4 rings (SSSR count). The van der Waals surface area contributed by atoms with Gasteiger partial charge in [-0.2, -0.15) is 0 Å². The van der Waals surface area contributed by atoms with Gasteiger partial charge >= 0.3 is 0 Å². The van der Waals surface area contributed by atoms with Crippen LogP contribution in [0.25, 0.3) is 0 Å². The van der Waals surface area contributed by atoms with E-state index in [1.54, 1.807) is 11.0 Å². The Bertz CT molecular complexity index is 911. The first kappa shape index (κ1) is 17.8. The minimum absolute atomic E-state index is 0.102. The molecule has 1 amide bonds. The highest BCUT2D eigenvalue weighted by Crippen LogP contribution is 2.22. The molecule has 0 spiro atoms. The minimum atomic E-state index is -0.339. The Hall–Kier alpha value is -2.55. The van der Waals surface area contributed by atoms with Crippen LogP contribution in [-0.2, 0) is 11.3 Å². The van der Waals surface area contributed by atoms with Crippen molar-refractivity contribution in [3.8, 4) is 0 Å². The van der Waals surface area contributed by atoms with E-state index in [9.17, 15) is 4.79 Å². The fourth-order valence-corrected chi connectivity index (χ4v) is 3.30. The average molecular weight is 427 g/mol. The zero-order valence-corrected chi connectivity index (χ0v) is 16.1. The molecule has 1 fully saturated rings. The molecule has 0 radical (unpaired) electrons. The van der Waals surface area contributed by atoms with Gasteiger partial charge in [-0.25, -0.2) is 20.5 Å². The van der Waals surface area contributed by atoms with E-state index in [2.05, 4.69) is 42.2 Å². The number of amides is 1.